The predicted octanol–water partition coefficient (Wildman–Crippen LogP) is 1.46. The minimum absolute atomic E-state index is 0.344. The second-order valence-electron chi connectivity index (χ2n) is 2.84. The average Bonchev–Trinajstić information content (AvgIpc) is 2.05. The maximum absolute atomic E-state index is 4.13. The van der Waals surface area contributed by atoms with E-state index >= 15 is 0 Å². The molecule has 0 fully saturated rings. The van der Waals surface area contributed by atoms with Crippen LogP contribution in [-0.4, -0.2) is 16.5 Å². The summed E-state index contributed by atoms with van der Waals surface area (Å²) in [5, 5.41) is 3.32. The van der Waals surface area contributed by atoms with E-state index in [1.807, 2.05) is 13.1 Å². The number of hydrogen-bond donors (Lipinski definition) is 1. The maximum atomic E-state index is 4.13. The van der Waals surface area contributed by atoms with E-state index in [0.29, 0.717) is 6.04 Å². The molecule has 0 amide bonds. The summed E-state index contributed by atoms with van der Waals surface area (Å²) in [7, 11) is 0. The van der Waals surface area contributed by atoms with Crippen LogP contribution in [0, 0.1) is 6.92 Å². The van der Waals surface area contributed by atoms with Crippen molar-refractivity contribution < 1.29 is 0 Å². The van der Waals surface area contributed by atoms with Crippen LogP contribution in [0.4, 0.5) is 0 Å². The van der Waals surface area contributed by atoms with Crippen molar-refractivity contribution in [3.63, 3.8) is 0 Å². The summed E-state index contributed by atoms with van der Waals surface area (Å²) in [6.45, 7) is 7.19. The summed E-state index contributed by atoms with van der Waals surface area (Å²) in [5.74, 6) is 0. The van der Waals surface area contributed by atoms with Gasteiger partial charge < -0.3 is 5.32 Å². The van der Waals surface area contributed by atoms with E-state index in [1.165, 1.54) is 5.56 Å². The van der Waals surface area contributed by atoms with Gasteiger partial charge in [0.05, 0.1) is 0 Å². The molecule has 0 aromatic carbocycles. The number of hydrogen-bond acceptors (Lipinski definition) is 3. The van der Waals surface area contributed by atoms with E-state index in [2.05, 4.69) is 29.1 Å². The van der Waals surface area contributed by atoms with E-state index in [1.54, 1.807) is 6.33 Å². The Kier molecular flexibility index (Phi) is 3.17. The molecule has 0 spiro atoms. The third-order valence-electron chi connectivity index (χ3n) is 1.93. The van der Waals surface area contributed by atoms with E-state index in [-0.39, 0.29) is 0 Å². The minimum Gasteiger partial charge on any atom is -0.310 e. The van der Waals surface area contributed by atoms with Gasteiger partial charge in [-0.3, -0.25) is 0 Å². The largest absolute Gasteiger partial charge is 0.310 e. The lowest BCUT2D eigenvalue weighted by Crippen LogP contribution is -2.19. The summed E-state index contributed by atoms with van der Waals surface area (Å²) in [5.41, 5.74) is 2.23. The van der Waals surface area contributed by atoms with Crippen molar-refractivity contribution in [3.05, 3.63) is 23.8 Å². The van der Waals surface area contributed by atoms with Gasteiger partial charge in [0, 0.05) is 23.5 Å². The van der Waals surface area contributed by atoms with Crippen molar-refractivity contribution in [3.8, 4) is 0 Å². The van der Waals surface area contributed by atoms with Gasteiger partial charge in [0.1, 0.15) is 6.33 Å². The Morgan fingerprint density at radius 1 is 1.58 bits per heavy atom. The molecule has 66 valence electrons. The Bertz CT molecular complexity index is 247. The Morgan fingerprint density at radius 3 is 2.92 bits per heavy atom. The molecule has 1 rings (SSSR count). The summed E-state index contributed by atoms with van der Waals surface area (Å²) in [6, 6.07) is 0.344. The second kappa shape index (κ2) is 4.16. The normalized spacial score (nSPS) is 12.9. The Balaban J connectivity index is 2.79. The molecule has 1 atom stereocenters. The molecule has 1 aromatic rings. The number of nitrogens with zero attached hydrogens (tertiary/aromatic N) is 2. The molecule has 0 bridgehead atoms. The van der Waals surface area contributed by atoms with Crippen LogP contribution in [0.1, 0.15) is 31.1 Å². The molecule has 1 unspecified atom stereocenters. The first kappa shape index (κ1) is 9.13. The molecule has 0 aliphatic carbocycles. The van der Waals surface area contributed by atoms with Crippen LogP contribution >= 0.6 is 0 Å². The average molecular weight is 165 g/mol. The van der Waals surface area contributed by atoms with Crippen LogP contribution in [0.15, 0.2) is 12.5 Å². The van der Waals surface area contributed by atoms with Gasteiger partial charge in [-0.2, -0.15) is 0 Å². The fourth-order valence-electron chi connectivity index (χ4n) is 1.24. The number of aryl methyl sites for hydroxylation is 1. The molecule has 1 N–H and O–H groups in total. The number of rotatable bonds is 3. The molecule has 0 aliphatic rings. The van der Waals surface area contributed by atoms with Gasteiger partial charge in [-0.15, -0.1) is 0 Å². The number of nitrogens with one attached hydrogen (secondary N) is 1. The summed E-state index contributed by atoms with van der Waals surface area (Å²) < 4.78 is 0. The van der Waals surface area contributed by atoms with Crippen molar-refractivity contribution >= 4 is 0 Å². The monoisotopic (exact) mass is 165 g/mol. The SMILES string of the molecule is CCNC(C)c1cncnc1C. The van der Waals surface area contributed by atoms with Crippen molar-refractivity contribution in [2.45, 2.75) is 26.8 Å². The third kappa shape index (κ3) is 2.01. The Labute approximate surface area is 73.2 Å². The molecular formula is C9H15N3. The Hall–Kier alpha value is -0.960. The van der Waals surface area contributed by atoms with Crippen LogP contribution in [0.25, 0.3) is 0 Å². The lowest BCUT2D eigenvalue weighted by Gasteiger charge is -2.13. The second-order valence-corrected chi connectivity index (χ2v) is 2.84. The first-order chi connectivity index (χ1) is 5.75. The lowest BCUT2D eigenvalue weighted by atomic mass is 10.1. The van der Waals surface area contributed by atoms with Gasteiger partial charge in [-0.05, 0) is 20.4 Å². The van der Waals surface area contributed by atoms with E-state index in [4.69, 9.17) is 0 Å². The zero-order chi connectivity index (χ0) is 8.97. The van der Waals surface area contributed by atoms with Gasteiger partial charge in [0.15, 0.2) is 0 Å². The summed E-state index contributed by atoms with van der Waals surface area (Å²) >= 11 is 0. The quantitative estimate of drug-likeness (QED) is 0.736. The van der Waals surface area contributed by atoms with Gasteiger partial charge in [0.25, 0.3) is 0 Å². The van der Waals surface area contributed by atoms with E-state index in [9.17, 15) is 0 Å². The van der Waals surface area contributed by atoms with E-state index < -0.39 is 0 Å². The maximum Gasteiger partial charge on any atom is 0.115 e. The van der Waals surface area contributed by atoms with Crippen molar-refractivity contribution in [1.29, 1.82) is 0 Å². The summed E-state index contributed by atoms with van der Waals surface area (Å²) in [6.07, 6.45) is 3.45. The zero-order valence-corrected chi connectivity index (χ0v) is 7.83. The topological polar surface area (TPSA) is 37.8 Å². The van der Waals surface area contributed by atoms with E-state index in [0.717, 1.165) is 12.2 Å². The van der Waals surface area contributed by atoms with Gasteiger partial charge >= 0.3 is 0 Å². The zero-order valence-electron chi connectivity index (χ0n) is 7.83. The fourth-order valence-corrected chi connectivity index (χ4v) is 1.24. The highest BCUT2D eigenvalue weighted by Gasteiger charge is 2.06. The minimum atomic E-state index is 0.344. The molecule has 1 heterocycles. The molecular weight excluding hydrogens is 150 g/mol. The molecule has 3 heteroatoms. The molecule has 3 nitrogen and oxygen atoms in total. The highest BCUT2D eigenvalue weighted by Crippen LogP contribution is 2.12. The van der Waals surface area contributed by atoms with Crippen molar-refractivity contribution in [2.75, 3.05) is 6.54 Å². The van der Waals surface area contributed by atoms with Crippen LogP contribution in [0.2, 0.25) is 0 Å². The highest BCUT2D eigenvalue weighted by atomic mass is 14.9. The van der Waals surface area contributed by atoms with Gasteiger partial charge in [0.2, 0.25) is 0 Å². The smallest absolute Gasteiger partial charge is 0.115 e. The molecule has 0 saturated heterocycles. The van der Waals surface area contributed by atoms with Crippen LogP contribution in [-0.2, 0) is 0 Å². The lowest BCUT2D eigenvalue weighted by molar-refractivity contribution is 0.590. The first-order valence-electron chi connectivity index (χ1n) is 4.25. The van der Waals surface area contributed by atoms with Gasteiger partial charge in [-0.25, -0.2) is 9.97 Å². The van der Waals surface area contributed by atoms with Crippen LogP contribution in [0.3, 0.4) is 0 Å². The van der Waals surface area contributed by atoms with Crippen LogP contribution in [0.5, 0.6) is 0 Å². The predicted molar refractivity (Wildman–Crippen MR) is 48.9 cm³/mol. The van der Waals surface area contributed by atoms with Crippen molar-refractivity contribution in [2.24, 2.45) is 0 Å². The van der Waals surface area contributed by atoms with Crippen molar-refractivity contribution in [1.82, 2.24) is 15.3 Å². The highest BCUT2D eigenvalue weighted by molar-refractivity contribution is 5.17. The molecule has 12 heavy (non-hydrogen) atoms. The molecule has 0 radical (unpaired) electrons. The van der Waals surface area contributed by atoms with Gasteiger partial charge in [-0.1, -0.05) is 6.92 Å². The molecule has 0 saturated carbocycles. The molecule has 0 aliphatic heterocycles. The molecule has 1 aromatic heterocycles. The Morgan fingerprint density at radius 2 is 2.33 bits per heavy atom. The van der Waals surface area contributed by atoms with Crippen LogP contribution < -0.4 is 5.32 Å². The standard InChI is InChI=1S/C9H15N3/c1-4-11-7(2)9-5-10-6-12-8(9)3/h5-7,11H,4H2,1-3H3. The number of aromatic nitrogens is 2. The third-order valence-corrected chi connectivity index (χ3v) is 1.93. The first-order valence-corrected chi connectivity index (χ1v) is 4.25. The fraction of sp³-hybridized carbons (Fsp3) is 0.556. The summed E-state index contributed by atoms with van der Waals surface area (Å²) in [4.78, 5) is 8.13.